The third-order valence-corrected chi connectivity index (χ3v) is 3.47. The first-order valence-corrected chi connectivity index (χ1v) is 6.58. The topological polar surface area (TPSA) is 43.4 Å². The van der Waals surface area contributed by atoms with E-state index in [0.717, 1.165) is 22.6 Å². The first kappa shape index (κ1) is 14.6. The SMILES string of the molecule is CNC(c1ccncc1Cl)c1c(OC)cccc1OC. The number of hydrogen-bond acceptors (Lipinski definition) is 4. The normalized spacial score (nSPS) is 12.0. The lowest BCUT2D eigenvalue weighted by Gasteiger charge is -2.22. The van der Waals surface area contributed by atoms with Gasteiger partial charge in [0.15, 0.2) is 0 Å². The monoisotopic (exact) mass is 292 g/mol. The Hall–Kier alpha value is -1.78. The van der Waals surface area contributed by atoms with Gasteiger partial charge in [-0.15, -0.1) is 0 Å². The number of aromatic nitrogens is 1. The van der Waals surface area contributed by atoms with E-state index in [9.17, 15) is 0 Å². The van der Waals surface area contributed by atoms with E-state index in [1.165, 1.54) is 0 Å². The molecule has 1 atom stereocenters. The van der Waals surface area contributed by atoms with E-state index < -0.39 is 0 Å². The summed E-state index contributed by atoms with van der Waals surface area (Å²) in [5, 5.41) is 3.85. The van der Waals surface area contributed by atoms with Crippen LogP contribution in [-0.2, 0) is 0 Å². The van der Waals surface area contributed by atoms with E-state index in [4.69, 9.17) is 21.1 Å². The van der Waals surface area contributed by atoms with Crippen LogP contribution in [0.3, 0.4) is 0 Å². The number of halogens is 1. The summed E-state index contributed by atoms with van der Waals surface area (Å²) >= 11 is 6.25. The molecule has 0 aliphatic rings. The summed E-state index contributed by atoms with van der Waals surface area (Å²) in [6.07, 6.45) is 3.34. The van der Waals surface area contributed by atoms with Crippen LogP contribution in [-0.4, -0.2) is 26.3 Å². The largest absolute Gasteiger partial charge is 0.496 e. The highest BCUT2D eigenvalue weighted by molar-refractivity contribution is 6.31. The summed E-state index contributed by atoms with van der Waals surface area (Å²) in [4.78, 5) is 4.02. The first-order valence-electron chi connectivity index (χ1n) is 6.20. The van der Waals surface area contributed by atoms with E-state index in [1.807, 2.05) is 31.3 Å². The van der Waals surface area contributed by atoms with Crippen LogP contribution >= 0.6 is 11.6 Å². The number of methoxy groups -OCH3 is 2. The Morgan fingerprint density at radius 2 is 1.80 bits per heavy atom. The molecule has 1 aromatic heterocycles. The molecule has 0 spiro atoms. The zero-order chi connectivity index (χ0) is 14.5. The standard InChI is InChI=1S/C15H17ClN2O2/c1-17-15(10-7-8-18-9-11(10)16)14-12(19-2)5-4-6-13(14)20-3/h4-9,15,17H,1-3H3. The van der Waals surface area contributed by atoms with Crippen LogP contribution in [0.5, 0.6) is 11.5 Å². The van der Waals surface area contributed by atoms with Crippen LogP contribution in [0.25, 0.3) is 0 Å². The zero-order valence-corrected chi connectivity index (χ0v) is 12.4. The molecule has 1 aromatic carbocycles. The molecular weight excluding hydrogens is 276 g/mol. The number of hydrogen-bond donors (Lipinski definition) is 1. The Kier molecular flexibility index (Phi) is 4.82. The molecule has 0 saturated heterocycles. The van der Waals surface area contributed by atoms with E-state index >= 15 is 0 Å². The predicted octanol–water partition coefficient (Wildman–Crippen LogP) is 3.06. The van der Waals surface area contributed by atoms with Crippen LogP contribution in [0.2, 0.25) is 5.02 Å². The lowest BCUT2D eigenvalue weighted by Crippen LogP contribution is -2.19. The summed E-state index contributed by atoms with van der Waals surface area (Å²) in [5.41, 5.74) is 1.83. The maximum Gasteiger partial charge on any atom is 0.127 e. The van der Waals surface area contributed by atoms with E-state index in [1.54, 1.807) is 26.6 Å². The van der Waals surface area contributed by atoms with Crippen molar-refractivity contribution in [3.63, 3.8) is 0 Å². The van der Waals surface area contributed by atoms with Gasteiger partial charge in [0.05, 0.1) is 30.8 Å². The molecule has 1 unspecified atom stereocenters. The molecule has 5 heteroatoms. The van der Waals surface area contributed by atoms with E-state index in [0.29, 0.717) is 5.02 Å². The molecule has 4 nitrogen and oxygen atoms in total. The van der Waals surface area contributed by atoms with Crippen molar-refractivity contribution < 1.29 is 9.47 Å². The van der Waals surface area contributed by atoms with Crippen LogP contribution < -0.4 is 14.8 Å². The smallest absolute Gasteiger partial charge is 0.127 e. The fourth-order valence-electron chi connectivity index (χ4n) is 2.24. The van der Waals surface area contributed by atoms with Gasteiger partial charge in [-0.3, -0.25) is 4.98 Å². The first-order chi connectivity index (χ1) is 9.72. The summed E-state index contributed by atoms with van der Waals surface area (Å²) in [7, 11) is 5.14. The number of benzene rings is 1. The average molecular weight is 293 g/mol. The highest BCUT2D eigenvalue weighted by Gasteiger charge is 2.23. The van der Waals surface area contributed by atoms with Gasteiger partial charge in [0.2, 0.25) is 0 Å². The van der Waals surface area contributed by atoms with Gasteiger partial charge in [0.1, 0.15) is 11.5 Å². The van der Waals surface area contributed by atoms with Crippen molar-refractivity contribution in [3.05, 3.63) is 52.8 Å². The molecule has 0 bridgehead atoms. The second-order valence-electron chi connectivity index (χ2n) is 4.20. The highest BCUT2D eigenvalue weighted by Crippen LogP contribution is 2.38. The Morgan fingerprint density at radius 3 is 2.30 bits per heavy atom. The molecule has 1 N–H and O–H groups in total. The molecule has 0 aliphatic heterocycles. The Morgan fingerprint density at radius 1 is 1.15 bits per heavy atom. The summed E-state index contributed by atoms with van der Waals surface area (Å²) in [6, 6.07) is 7.43. The van der Waals surface area contributed by atoms with E-state index in [-0.39, 0.29) is 6.04 Å². The van der Waals surface area contributed by atoms with Gasteiger partial charge in [-0.1, -0.05) is 17.7 Å². The minimum Gasteiger partial charge on any atom is -0.496 e. The fourth-order valence-corrected chi connectivity index (χ4v) is 2.47. The van der Waals surface area contributed by atoms with Crippen molar-refractivity contribution in [3.8, 4) is 11.5 Å². The minimum atomic E-state index is -0.142. The third kappa shape index (κ3) is 2.71. The van der Waals surface area contributed by atoms with Gasteiger partial charge in [-0.25, -0.2) is 0 Å². The molecule has 0 radical (unpaired) electrons. The third-order valence-electron chi connectivity index (χ3n) is 3.16. The van der Waals surface area contributed by atoms with Crippen LogP contribution in [0.4, 0.5) is 0 Å². The molecule has 2 rings (SSSR count). The van der Waals surface area contributed by atoms with Crippen LogP contribution in [0.15, 0.2) is 36.7 Å². The van der Waals surface area contributed by atoms with Gasteiger partial charge >= 0.3 is 0 Å². The van der Waals surface area contributed by atoms with Gasteiger partial charge in [0, 0.05) is 12.4 Å². The van der Waals surface area contributed by atoms with Crippen LogP contribution in [0, 0.1) is 0 Å². The number of nitrogens with one attached hydrogen (secondary N) is 1. The Labute approximate surface area is 123 Å². The highest BCUT2D eigenvalue weighted by atomic mass is 35.5. The van der Waals surface area contributed by atoms with Gasteiger partial charge in [-0.2, -0.15) is 0 Å². The van der Waals surface area contributed by atoms with Gasteiger partial charge in [-0.05, 0) is 30.8 Å². The van der Waals surface area contributed by atoms with Crippen molar-refractivity contribution in [1.82, 2.24) is 10.3 Å². The zero-order valence-electron chi connectivity index (χ0n) is 11.7. The second kappa shape index (κ2) is 6.59. The summed E-state index contributed by atoms with van der Waals surface area (Å²) in [6.45, 7) is 0. The molecule has 106 valence electrons. The molecule has 20 heavy (non-hydrogen) atoms. The molecule has 1 heterocycles. The molecule has 2 aromatic rings. The van der Waals surface area contributed by atoms with E-state index in [2.05, 4.69) is 10.3 Å². The van der Waals surface area contributed by atoms with Crippen molar-refractivity contribution in [1.29, 1.82) is 0 Å². The Bertz CT molecular complexity index is 568. The number of rotatable bonds is 5. The maximum atomic E-state index is 6.25. The van der Waals surface area contributed by atoms with Crippen LogP contribution in [0.1, 0.15) is 17.2 Å². The molecule has 0 amide bonds. The average Bonchev–Trinajstić information content (AvgIpc) is 2.49. The maximum absolute atomic E-state index is 6.25. The number of ether oxygens (including phenoxy) is 2. The fraction of sp³-hybridized carbons (Fsp3) is 0.267. The molecule has 0 saturated carbocycles. The van der Waals surface area contributed by atoms with Crippen molar-refractivity contribution in [2.45, 2.75) is 6.04 Å². The van der Waals surface area contributed by atoms with Crippen molar-refractivity contribution in [2.24, 2.45) is 0 Å². The molecule has 0 fully saturated rings. The second-order valence-corrected chi connectivity index (χ2v) is 4.60. The quantitative estimate of drug-likeness (QED) is 0.920. The van der Waals surface area contributed by atoms with Crippen molar-refractivity contribution in [2.75, 3.05) is 21.3 Å². The summed E-state index contributed by atoms with van der Waals surface area (Å²) < 4.78 is 10.9. The lowest BCUT2D eigenvalue weighted by molar-refractivity contribution is 0.379. The number of nitrogens with zero attached hydrogens (tertiary/aromatic N) is 1. The van der Waals surface area contributed by atoms with Crippen molar-refractivity contribution >= 4 is 11.6 Å². The summed E-state index contributed by atoms with van der Waals surface area (Å²) in [5.74, 6) is 1.49. The molecule has 0 aliphatic carbocycles. The predicted molar refractivity (Wildman–Crippen MR) is 79.7 cm³/mol. The van der Waals surface area contributed by atoms with Gasteiger partial charge in [0.25, 0.3) is 0 Å². The Balaban J connectivity index is 2.60. The lowest BCUT2D eigenvalue weighted by atomic mass is 9.97. The van der Waals surface area contributed by atoms with Gasteiger partial charge < -0.3 is 14.8 Å². The minimum absolute atomic E-state index is 0.142. The number of pyridine rings is 1. The molecular formula is C15H17ClN2O2.